The second-order valence-corrected chi connectivity index (χ2v) is 4.77. The van der Waals surface area contributed by atoms with Crippen LogP contribution in [0.5, 0.6) is 0 Å². The number of rotatable bonds is 7. The Morgan fingerprint density at radius 3 is 2.44 bits per heavy atom. The quantitative estimate of drug-likeness (QED) is 0.755. The maximum atomic E-state index is 10.3. The molecule has 0 saturated carbocycles. The molecule has 18 heavy (non-hydrogen) atoms. The Labute approximate surface area is 110 Å². The van der Waals surface area contributed by atoms with Crippen LogP contribution in [0.15, 0.2) is 24.3 Å². The van der Waals surface area contributed by atoms with Crippen molar-refractivity contribution in [2.24, 2.45) is 0 Å². The number of hydrogen-bond acceptors (Lipinski definition) is 3. The molecule has 0 aliphatic carbocycles. The number of aliphatic hydroxyl groups excluding tert-OH is 1. The molecule has 0 amide bonds. The van der Waals surface area contributed by atoms with Crippen molar-refractivity contribution in [1.29, 1.82) is 0 Å². The SMILES string of the molecule is CCOCCN(C)C(C)C(O)c1ccc(C)cc1. The summed E-state index contributed by atoms with van der Waals surface area (Å²) in [6.07, 6.45) is -0.461. The van der Waals surface area contributed by atoms with Crippen molar-refractivity contribution >= 4 is 0 Å². The van der Waals surface area contributed by atoms with Crippen LogP contribution in [0.4, 0.5) is 0 Å². The van der Waals surface area contributed by atoms with E-state index in [-0.39, 0.29) is 6.04 Å². The fourth-order valence-electron chi connectivity index (χ4n) is 1.84. The maximum absolute atomic E-state index is 10.3. The Bertz CT molecular complexity index is 337. The highest BCUT2D eigenvalue weighted by Crippen LogP contribution is 2.20. The Balaban J connectivity index is 2.54. The Morgan fingerprint density at radius 2 is 1.89 bits per heavy atom. The molecule has 2 atom stereocenters. The van der Waals surface area contributed by atoms with E-state index >= 15 is 0 Å². The monoisotopic (exact) mass is 251 g/mol. The van der Waals surface area contributed by atoms with Crippen LogP contribution in [0.2, 0.25) is 0 Å². The van der Waals surface area contributed by atoms with E-state index < -0.39 is 6.10 Å². The minimum absolute atomic E-state index is 0.0770. The standard InChI is InChI=1S/C15H25NO2/c1-5-18-11-10-16(4)13(3)15(17)14-8-6-12(2)7-9-14/h6-9,13,15,17H,5,10-11H2,1-4H3. The molecule has 0 spiro atoms. The molecule has 1 aromatic rings. The third-order valence-corrected chi connectivity index (χ3v) is 3.36. The molecule has 0 radical (unpaired) electrons. The highest BCUT2D eigenvalue weighted by molar-refractivity contribution is 5.23. The number of ether oxygens (including phenoxy) is 1. The van der Waals surface area contributed by atoms with Crippen LogP contribution in [0, 0.1) is 6.92 Å². The molecule has 1 rings (SSSR count). The van der Waals surface area contributed by atoms with E-state index in [4.69, 9.17) is 4.74 Å². The highest BCUT2D eigenvalue weighted by Gasteiger charge is 2.19. The average molecular weight is 251 g/mol. The van der Waals surface area contributed by atoms with E-state index in [2.05, 4.69) is 4.90 Å². The van der Waals surface area contributed by atoms with Gasteiger partial charge in [-0.15, -0.1) is 0 Å². The van der Waals surface area contributed by atoms with Gasteiger partial charge in [-0.25, -0.2) is 0 Å². The van der Waals surface area contributed by atoms with Crippen LogP contribution in [0.1, 0.15) is 31.1 Å². The normalized spacial score (nSPS) is 14.8. The van der Waals surface area contributed by atoms with Gasteiger partial charge in [0.05, 0.1) is 12.7 Å². The fourth-order valence-corrected chi connectivity index (χ4v) is 1.84. The van der Waals surface area contributed by atoms with Gasteiger partial charge in [-0.3, -0.25) is 4.90 Å². The van der Waals surface area contributed by atoms with E-state index in [1.807, 2.05) is 52.1 Å². The lowest BCUT2D eigenvalue weighted by molar-refractivity contribution is 0.0495. The molecule has 0 bridgehead atoms. The molecule has 2 unspecified atom stereocenters. The summed E-state index contributed by atoms with van der Waals surface area (Å²) < 4.78 is 5.33. The summed E-state index contributed by atoms with van der Waals surface area (Å²) in [6, 6.07) is 8.13. The smallest absolute Gasteiger partial charge is 0.0942 e. The largest absolute Gasteiger partial charge is 0.387 e. The van der Waals surface area contributed by atoms with Crippen molar-refractivity contribution in [2.45, 2.75) is 32.9 Å². The molecular weight excluding hydrogens is 226 g/mol. The minimum atomic E-state index is -0.461. The van der Waals surface area contributed by atoms with E-state index in [1.54, 1.807) is 0 Å². The summed E-state index contributed by atoms with van der Waals surface area (Å²) in [5.41, 5.74) is 2.18. The van der Waals surface area contributed by atoms with Crippen LogP contribution in [-0.4, -0.2) is 42.9 Å². The topological polar surface area (TPSA) is 32.7 Å². The van der Waals surface area contributed by atoms with Crippen molar-refractivity contribution in [3.63, 3.8) is 0 Å². The molecule has 0 aliphatic heterocycles. The van der Waals surface area contributed by atoms with E-state index in [0.717, 1.165) is 18.7 Å². The van der Waals surface area contributed by atoms with Crippen LogP contribution < -0.4 is 0 Å². The van der Waals surface area contributed by atoms with E-state index in [1.165, 1.54) is 5.56 Å². The van der Waals surface area contributed by atoms with Crippen molar-refractivity contribution in [3.8, 4) is 0 Å². The number of benzene rings is 1. The van der Waals surface area contributed by atoms with Gasteiger partial charge >= 0.3 is 0 Å². The molecule has 0 aliphatic rings. The fraction of sp³-hybridized carbons (Fsp3) is 0.600. The lowest BCUT2D eigenvalue weighted by Gasteiger charge is -2.29. The third kappa shape index (κ3) is 4.41. The van der Waals surface area contributed by atoms with Crippen molar-refractivity contribution in [1.82, 2.24) is 4.90 Å². The van der Waals surface area contributed by atoms with Crippen LogP contribution >= 0.6 is 0 Å². The highest BCUT2D eigenvalue weighted by atomic mass is 16.5. The molecule has 1 N–H and O–H groups in total. The van der Waals surface area contributed by atoms with E-state index in [0.29, 0.717) is 6.61 Å². The molecule has 102 valence electrons. The summed E-state index contributed by atoms with van der Waals surface area (Å²) in [6.45, 7) is 8.35. The average Bonchev–Trinajstić information content (AvgIpc) is 2.38. The van der Waals surface area contributed by atoms with Gasteiger partial charge in [0.15, 0.2) is 0 Å². The summed E-state index contributed by atoms with van der Waals surface area (Å²) in [4.78, 5) is 2.13. The zero-order chi connectivity index (χ0) is 13.5. The summed E-state index contributed by atoms with van der Waals surface area (Å²) in [7, 11) is 2.01. The predicted molar refractivity (Wildman–Crippen MR) is 74.7 cm³/mol. The number of likely N-dealkylation sites (N-methyl/N-ethyl adjacent to an activating group) is 1. The van der Waals surface area contributed by atoms with Gasteiger partial charge in [0.1, 0.15) is 0 Å². The molecular formula is C15H25NO2. The van der Waals surface area contributed by atoms with Gasteiger partial charge in [-0.2, -0.15) is 0 Å². The summed E-state index contributed by atoms with van der Waals surface area (Å²) >= 11 is 0. The molecule has 1 aromatic carbocycles. The Kier molecular flexibility index (Phi) is 6.33. The number of aryl methyl sites for hydroxylation is 1. The first kappa shape index (κ1) is 15.2. The van der Waals surface area contributed by atoms with Crippen molar-refractivity contribution in [3.05, 3.63) is 35.4 Å². The van der Waals surface area contributed by atoms with Crippen LogP contribution in [0.25, 0.3) is 0 Å². The summed E-state index contributed by atoms with van der Waals surface area (Å²) in [5, 5.41) is 10.3. The lowest BCUT2D eigenvalue weighted by atomic mass is 10.0. The molecule has 0 fully saturated rings. The first-order valence-corrected chi connectivity index (χ1v) is 6.59. The zero-order valence-corrected chi connectivity index (χ0v) is 11.9. The third-order valence-electron chi connectivity index (χ3n) is 3.36. The van der Waals surface area contributed by atoms with Gasteiger partial charge < -0.3 is 9.84 Å². The number of nitrogens with zero attached hydrogens (tertiary/aromatic N) is 1. The molecule has 0 aromatic heterocycles. The lowest BCUT2D eigenvalue weighted by Crippen LogP contribution is -2.36. The van der Waals surface area contributed by atoms with Crippen molar-refractivity contribution in [2.75, 3.05) is 26.8 Å². The molecule has 3 heteroatoms. The van der Waals surface area contributed by atoms with Crippen LogP contribution in [-0.2, 0) is 4.74 Å². The van der Waals surface area contributed by atoms with Gasteiger partial charge in [0, 0.05) is 19.2 Å². The second kappa shape index (κ2) is 7.52. The van der Waals surface area contributed by atoms with Crippen LogP contribution in [0.3, 0.4) is 0 Å². The minimum Gasteiger partial charge on any atom is -0.387 e. The molecule has 0 saturated heterocycles. The van der Waals surface area contributed by atoms with Gasteiger partial charge in [-0.1, -0.05) is 29.8 Å². The first-order chi connectivity index (χ1) is 8.56. The Morgan fingerprint density at radius 1 is 1.28 bits per heavy atom. The number of aliphatic hydroxyl groups is 1. The van der Waals surface area contributed by atoms with Crippen molar-refractivity contribution < 1.29 is 9.84 Å². The molecule has 3 nitrogen and oxygen atoms in total. The summed E-state index contributed by atoms with van der Waals surface area (Å²) in [5.74, 6) is 0. The Hall–Kier alpha value is -0.900. The molecule has 0 heterocycles. The van der Waals surface area contributed by atoms with Gasteiger partial charge in [0.2, 0.25) is 0 Å². The maximum Gasteiger partial charge on any atom is 0.0942 e. The zero-order valence-electron chi connectivity index (χ0n) is 11.9. The van der Waals surface area contributed by atoms with E-state index in [9.17, 15) is 5.11 Å². The van der Waals surface area contributed by atoms with Gasteiger partial charge in [-0.05, 0) is 33.4 Å². The first-order valence-electron chi connectivity index (χ1n) is 6.59. The number of hydrogen-bond donors (Lipinski definition) is 1. The second-order valence-electron chi connectivity index (χ2n) is 4.77. The predicted octanol–water partition coefficient (Wildman–Crippen LogP) is 2.39. The van der Waals surface area contributed by atoms with Gasteiger partial charge in [0.25, 0.3) is 0 Å².